The van der Waals surface area contributed by atoms with E-state index in [2.05, 4.69) is 5.32 Å². The van der Waals surface area contributed by atoms with Gasteiger partial charge in [0.15, 0.2) is 0 Å². The molecule has 1 N–H and O–H groups in total. The lowest BCUT2D eigenvalue weighted by atomic mass is 10.1. The maximum atomic E-state index is 12.7. The number of rotatable bonds is 2. The van der Waals surface area contributed by atoms with Crippen LogP contribution in [0.1, 0.15) is 11.1 Å². The molecule has 0 spiro atoms. The molecule has 2 aromatic carbocycles. The number of anilines is 2. The van der Waals surface area contributed by atoms with Crippen molar-refractivity contribution in [1.82, 2.24) is 0 Å². The first-order valence-electron chi connectivity index (χ1n) is 5.54. The van der Waals surface area contributed by atoms with Crippen LogP contribution in [0.5, 0.6) is 0 Å². The highest BCUT2D eigenvalue weighted by Crippen LogP contribution is 2.33. The molecule has 0 fully saturated rings. The summed E-state index contributed by atoms with van der Waals surface area (Å²) in [4.78, 5) is 0. The highest BCUT2D eigenvalue weighted by molar-refractivity contribution is 5.62. The highest BCUT2D eigenvalue weighted by atomic mass is 19.4. The van der Waals surface area contributed by atoms with Crippen LogP contribution < -0.4 is 5.32 Å². The van der Waals surface area contributed by atoms with Gasteiger partial charge in [-0.15, -0.1) is 0 Å². The molecule has 0 atom stereocenters. The Hall–Kier alpha value is -2.55. The smallest absolute Gasteiger partial charge is 0.355 e. The van der Waals surface area contributed by atoms with E-state index < -0.39 is 23.1 Å². The molecule has 0 aromatic heterocycles. The van der Waals surface area contributed by atoms with E-state index in [1.807, 2.05) is 0 Å². The molecule has 2 aromatic rings. The van der Waals surface area contributed by atoms with Crippen LogP contribution in [-0.4, -0.2) is 0 Å². The van der Waals surface area contributed by atoms with E-state index in [1.54, 1.807) is 0 Å². The average molecular weight is 280 g/mol. The molecule has 0 radical (unpaired) electrons. The monoisotopic (exact) mass is 280 g/mol. The summed E-state index contributed by atoms with van der Waals surface area (Å²) in [5.74, 6) is -0.416. The molecular formula is C14H8F4N2. The largest absolute Gasteiger partial charge is 0.417 e. The SMILES string of the molecule is N#Cc1cc(Nc2ccc(F)cc2)ccc1C(F)(F)F. The lowest BCUT2D eigenvalue weighted by Gasteiger charge is -2.11. The molecule has 2 rings (SSSR count). The first-order chi connectivity index (χ1) is 9.40. The Labute approximate surface area is 112 Å². The molecular weight excluding hydrogens is 272 g/mol. The van der Waals surface area contributed by atoms with Crippen molar-refractivity contribution < 1.29 is 17.6 Å². The molecule has 20 heavy (non-hydrogen) atoms. The topological polar surface area (TPSA) is 35.8 Å². The number of hydrogen-bond donors (Lipinski definition) is 1. The summed E-state index contributed by atoms with van der Waals surface area (Å²) in [6.45, 7) is 0. The van der Waals surface area contributed by atoms with Gasteiger partial charge in [-0.1, -0.05) is 0 Å². The second-order valence-corrected chi connectivity index (χ2v) is 4.00. The number of hydrogen-bond acceptors (Lipinski definition) is 2. The van der Waals surface area contributed by atoms with Crippen molar-refractivity contribution in [3.05, 3.63) is 59.4 Å². The second kappa shape index (κ2) is 5.21. The van der Waals surface area contributed by atoms with Crippen molar-refractivity contribution >= 4 is 11.4 Å². The van der Waals surface area contributed by atoms with E-state index in [1.165, 1.54) is 36.4 Å². The summed E-state index contributed by atoms with van der Waals surface area (Å²) in [5, 5.41) is 11.6. The van der Waals surface area contributed by atoms with E-state index in [4.69, 9.17) is 5.26 Å². The third-order valence-electron chi connectivity index (χ3n) is 2.58. The molecule has 102 valence electrons. The van der Waals surface area contributed by atoms with E-state index in [-0.39, 0.29) is 0 Å². The van der Waals surface area contributed by atoms with Crippen LogP contribution >= 0.6 is 0 Å². The zero-order valence-electron chi connectivity index (χ0n) is 10.0. The van der Waals surface area contributed by atoms with Gasteiger partial charge in [0, 0.05) is 11.4 Å². The molecule has 0 bridgehead atoms. The van der Waals surface area contributed by atoms with Gasteiger partial charge in [0.1, 0.15) is 5.82 Å². The van der Waals surface area contributed by atoms with Crippen LogP contribution in [0.4, 0.5) is 28.9 Å². The Balaban J connectivity index is 2.31. The predicted molar refractivity (Wildman–Crippen MR) is 65.8 cm³/mol. The van der Waals surface area contributed by atoms with Crippen molar-refractivity contribution in [2.75, 3.05) is 5.32 Å². The van der Waals surface area contributed by atoms with Crippen molar-refractivity contribution in [3.8, 4) is 6.07 Å². The Bertz CT molecular complexity index is 654. The molecule has 0 saturated heterocycles. The molecule has 2 nitrogen and oxygen atoms in total. The zero-order chi connectivity index (χ0) is 14.8. The van der Waals surface area contributed by atoms with Crippen molar-refractivity contribution in [2.45, 2.75) is 6.18 Å². The third-order valence-corrected chi connectivity index (χ3v) is 2.58. The number of nitriles is 1. The van der Waals surface area contributed by atoms with E-state index >= 15 is 0 Å². The van der Waals surface area contributed by atoms with Crippen LogP contribution in [0.2, 0.25) is 0 Å². The first kappa shape index (κ1) is 13.9. The highest BCUT2D eigenvalue weighted by Gasteiger charge is 2.33. The number of benzene rings is 2. The van der Waals surface area contributed by atoms with Crippen LogP contribution in [0, 0.1) is 17.1 Å². The minimum absolute atomic E-state index is 0.321. The lowest BCUT2D eigenvalue weighted by molar-refractivity contribution is -0.137. The number of halogens is 4. The number of nitrogens with zero attached hydrogens (tertiary/aromatic N) is 1. The van der Waals surface area contributed by atoms with Gasteiger partial charge in [-0.2, -0.15) is 18.4 Å². The fourth-order valence-electron chi connectivity index (χ4n) is 1.66. The van der Waals surface area contributed by atoms with Gasteiger partial charge in [-0.05, 0) is 42.5 Å². The van der Waals surface area contributed by atoms with Crippen LogP contribution in [-0.2, 0) is 6.18 Å². The number of alkyl halides is 3. The molecule has 0 aliphatic rings. The number of nitrogens with one attached hydrogen (secondary N) is 1. The summed E-state index contributed by atoms with van der Waals surface area (Å²) in [7, 11) is 0. The van der Waals surface area contributed by atoms with E-state index in [0.29, 0.717) is 11.4 Å². The van der Waals surface area contributed by atoms with Gasteiger partial charge in [0.25, 0.3) is 0 Å². The molecule has 0 aliphatic heterocycles. The van der Waals surface area contributed by atoms with E-state index in [9.17, 15) is 17.6 Å². The summed E-state index contributed by atoms with van der Waals surface area (Å²) in [6.07, 6.45) is -4.57. The predicted octanol–water partition coefficient (Wildman–Crippen LogP) is 4.46. The fourth-order valence-corrected chi connectivity index (χ4v) is 1.66. The summed E-state index contributed by atoms with van der Waals surface area (Å²) in [6, 6.07) is 10.0. The molecule has 0 heterocycles. The minimum Gasteiger partial charge on any atom is -0.355 e. The molecule has 0 saturated carbocycles. The summed E-state index contributed by atoms with van der Waals surface area (Å²) < 4.78 is 50.6. The Morgan fingerprint density at radius 2 is 1.55 bits per heavy atom. The molecule has 6 heteroatoms. The van der Waals surface area contributed by atoms with Crippen molar-refractivity contribution in [1.29, 1.82) is 5.26 Å². The first-order valence-corrected chi connectivity index (χ1v) is 5.54. The molecule has 0 amide bonds. The third kappa shape index (κ3) is 3.06. The van der Waals surface area contributed by atoms with Gasteiger partial charge < -0.3 is 5.32 Å². The van der Waals surface area contributed by atoms with Crippen LogP contribution in [0.15, 0.2) is 42.5 Å². The zero-order valence-corrected chi connectivity index (χ0v) is 10.0. The minimum atomic E-state index is -4.57. The van der Waals surface area contributed by atoms with Gasteiger partial charge in [-0.3, -0.25) is 0 Å². The normalized spacial score (nSPS) is 10.9. The lowest BCUT2D eigenvalue weighted by Crippen LogP contribution is -2.08. The van der Waals surface area contributed by atoms with Gasteiger partial charge in [0.05, 0.1) is 17.2 Å². The Kier molecular flexibility index (Phi) is 3.61. The van der Waals surface area contributed by atoms with E-state index in [0.717, 1.165) is 12.1 Å². The standard InChI is InChI=1S/C14H8F4N2/c15-10-1-3-11(4-2-10)20-12-5-6-13(14(16,17)18)9(7-12)8-19/h1-7,20H. The van der Waals surface area contributed by atoms with Crippen LogP contribution in [0.3, 0.4) is 0 Å². The fraction of sp³-hybridized carbons (Fsp3) is 0.0714. The Morgan fingerprint density at radius 3 is 2.10 bits per heavy atom. The summed E-state index contributed by atoms with van der Waals surface area (Å²) >= 11 is 0. The van der Waals surface area contributed by atoms with Crippen molar-refractivity contribution in [3.63, 3.8) is 0 Å². The summed E-state index contributed by atoms with van der Waals surface area (Å²) in [5.41, 5.74) is -0.620. The van der Waals surface area contributed by atoms with Gasteiger partial charge in [-0.25, -0.2) is 4.39 Å². The van der Waals surface area contributed by atoms with Crippen LogP contribution in [0.25, 0.3) is 0 Å². The average Bonchev–Trinajstić information content (AvgIpc) is 2.40. The maximum absolute atomic E-state index is 12.7. The molecule has 0 aliphatic carbocycles. The maximum Gasteiger partial charge on any atom is 0.417 e. The van der Waals surface area contributed by atoms with Crippen molar-refractivity contribution in [2.24, 2.45) is 0 Å². The van der Waals surface area contributed by atoms with Gasteiger partial charge >= 0.3 is 6.18 Å². The Morgan fingerprint density at radius 1 is 0.950 bits per heavy atom. The van der Waals surface area contributed by atoms with Gasteiger partial charge in [0.2, 0.25) is 0 Å². The molecule has 0 unspecified atom stereocenters. The second-order valence-electron chi connectivity index (χ2n) is 4.00. The quantitative estimate of drug-likeness (QED) is 0.824.